The first kappa shape index (κ1) is 18.5. The van der Waals surface area contributed by atoms with Gasteiger partial charge in [0.15, 0.2) is 10.8 Å². The molecule has 4 N–H and O–H groups in total. The number of thiazole rings is 1. The molecule has 0 amide bonds. The highest BCUT2D eigenvalue weighted by Crippen LogP contribution is 2.30. The molecule has 5 rings (SSSR count). The van der Waals surface area contributed by atoms with Crippen LogP contribution in [0, 0.1) is 0 Å². The highest BCUT2D eigenvalue weighted by molar-refractivity contribution is 7.22. The molecule has 0 bridgehead atoms. The lowest BCUT2D eigenvalue weighted by molar-refractivity contribution is 0.116. The van der Waals surface area contributed by atoms with Gasteiger partial charge in [0, 0.05) is 12.7 Å². The quantitative estimate of drug-likeness (QED) is 0.468. The summed E-state index contributed by atoms with van der Waals surface area (Å²) in [7, 11) is 0. The van der Waals surface area contributed by atoms with E-state index in [1.165, 1.54) is 5.56 Å². The Kier molecular flexibility index (Phi) is 4.91. The lowest BCUT2D eigenvalue weighted by Gasteiger charge is -2.27. The molecular formula is C21H24N6OS. The van der Waals surface area contributed by atoms with Crippen molar-refractivity contribution in [3.63, 3.8) is 0 Å². The predicted molar refractivity (Wildman–Crippen MR) is 116 cm³/mol. The van der Waals surface area contributed by atoms with Crippen molar-refractivity contribution in [2.24, 2.45) is 5.73 Å². The number of benzene rings is 1. The summed E-state index contributed by atoms with van der Waals surface area (Å²) in [5.74, 6) is 0. The van der Waals surface area contributed by atoms with Gasteiger partial charge >= 0.3 is 0 Å². The molecule has 29 heavy (non-hydrogen) atoms. The summed E-state index contributed by atoms with van der Waals surface area (Å²) in [5, 5.41) is 14.5. The maximum Gasteiger partial charge on any atom is 0.184 e. The molecular weight excluding hydrogens is 384 g/mol. The molecule has 0 saturated heterocycles. The summed E-state index contributed by atoms with van der Waals surface area (Å²) in [6.45, 7) is 1.16. The second kappa shape index (κ2) is 7.70. The van der Waals surface area contributed by atoms with E-state index in [1.54, 1.807) is 11.3 Å². The molecule has 4 aromatic rings. The van der Waals surface area contributed by atoms with Gasteiger partial charge in [0.1, 0.15) is 5.52 Å². The molecule has 1 saturated carbocycles. The standard InChI is InChI=1S/C21H24N6OS/c22-9-14-7-17-20(23-10-14)27(12-24-17)11-13-5-6-16-19(8-13)29-21(26-16)25-15-3-1-2-4-18(15)28/h5-8,10,12,15,18,28H,1-4,9,11,22H2,(H,25,26). The number of rotatable bonds is 5. The third-order valence-corrected chi connectivity index (χ3v) is 6.54. The molecule has 7 nitrogen and oxygen atoms in total. The van der Waals surface area contributed by atoms with Gasteiger partial charge in [0.25, 0.3) is 0 Å². The average Bonchev–Trinajstić information content (AvgIpc) is 3.32. The molecule has 8 heteroatoms. The zero-order valence-corrected chi connectivity index (χ0v) is 16.9. The molecule has 2 unspecified atom stereocenters. The largest absolute Gasteiger partial charge is 0.391 e. The predicted octanol–water partition coefficient (Wildman–Crippen LogP) is 3.26. The van der Waals surface area contributed by atoms with Gasteiger partial charge < -0.3 is 20.7 Å². The minimum atomic E-state index is -0.284. The molecule has 0 spiro atoms. The van der Waals surface area contributed by atoms with Gasteiger partial charge in [-0.2, -0.15) is 0 Å². The van der Waals surface area contributed by atoms with Crippen molar-refractivity contribution in [2.75, 3.05) is 5.32 Å². The number of aromatic nitrogens is 4. The Morgan fingerprint density at radius 3 is 2.90 bits per heavy atom. The van der Waals surface area contributed by atoms with E-state index in [0.29, 0.717) is 13.1 Å². The fraction of sp³-hybridized carbons (Fsp3) is 0.381. The van der Waals surface area contributed by atoms with Crippen LogP contribution < -0.4 is 11.1 Å². The van der Waals surface area contributed by atoms with Gasteiger partial charge in [-0.3, -0.25) is 0 Å². The lowest BCUT2D eigenvalue weighted by Crippen LogP contribution is -2.36. The smallest absolute Gasteiger partial charge is 0.184 e. The van der Waals surface area contributed by atoms with E-state index in [-0.39, 0.29) is 12.1 Å². The van der Waals surface area contributed by atoms with Gasteiger partial charge in [-0.25, -0.2) is 15.0 Å². The highest BCUT2D eigenvalue weighted by Gasteiger charge is 2.23. The van der Waals surface area contributed by atoms with E-state index in [9.17, 15) is 5.11 Å². The van der Waals surface area contributed by atoms with Crippen LogP contribution >= 0.6 is 11.3 Å². The SMILES string of the molecule is NCc1cnc2c(c1)ncn2Cc1ccc2nc(NC3CCCCC3O)sc2c1. The van der Waals surface area contributed by atoms with Crippen LogP contribution in [-0.4, -0.2) is 36.8 Å². The van der Waals surface area contributed by atoms with Crippen LogP contribution in [0.15, 0.2) is 36.8 Å². The Bertz CT molecular complexity index is 1150. The van der Waals surface area contributed by atoms with Gasteiger partial charge in [0.2, 0.25) is 0 Å². The highest BCUT2D eigenvalue weighted by atomic mass is 32.1. The number of hydrogen-bond donors (Lipinski definition) is 3. The minimum Gasteiger partial charge on any atom is -0.391 e. The van der Waals surface area contributed by atoms with Gasteiger partial charge in [-0.1, -0.05) is 30.2 Å². The van der Waals surface area contributed by atoms with E-state index < -0.39 is 0 Å². The number of aliphatic hydroxyl groups excluding tert-OH is 1. The second-order valence-electron chi connectivity index (χ2n) is 7.69. The van der Waals surface area contributed by atoms with Crippen molar-refractivity contribution in [1.29, 1.82) is 0 Å². The number of imidazole rings is 1. The number of hydrogen-bond acceptors (Lipinski definition) is 7. The van der Waals surface area contributed by atoms with Crippen LogP contribution in [0.2, 0.25) is 0 Å². The molecule has 1 aromatic carbocycles. The van der Waals surface area contributed by atoms with E-state index in [4.69, 9.17) is 10.7 Å². The number of nitrogens with zero attached hydrogens (tertiary/aromatic N) is 4. The number of nitrogens with two attached hydrogens (primary N) is 1. The van der Waals surface area contributed by atoms with Gasteiger partial charge in [-0.15, -0.1) is 0 Å². The van der Waals surface area contributed by atoms with Crippen LogP contribution in [0.25, 0.3) is 21.4 Å². The van der Waals surface area contributed by atoms with Crippen LogP contribution in [-0.2, 0) is 13.1 Å². The Morgan fingerprint density at radius 1 is 1.14 bits per heavy atom. The molecule has 1 fully saturated rings. The van der Waals surface area contributed by atoms with Crippen molar-refractivity contribution >= 4 is 37.8 Å². The average molecular weight is 409 g/mol. The summed E-state index contributed by atoms with van der Waals surface area (Å²) in [6, 6.07) is 8.42. The summed E-state index contributed by atoms with van der Waals surface area (Å²) in [4.78, 5) is 13.7. The monoisotopic (exact) mass is 408 g/mol. The Hall–Kier alpha value is -2.55. The zero-order chi connectivity index (χ0) is 19.8. The third kappa shape index (κ3) is 3.71. The van der Waals surface area contributed by atoms with E-state index >= 15 is 0 Å². The maximum atomic E-state index is 10.2. The number of anilines is 1. The van der Waals surface area contributed by atoms with Crippen molar-refractivity contribution < 1.29 is 5.11 Å². The van der Waals surface area contributed by atoms with Gasteiger partial charge in [0.05, 0.1) is 35.2 Å². The number of pyridine rings is 1. The molecule has 3 aromatic heterocycles. The molecule has 1 aliphatic carbocycles. The van der Waals surface area contributed by atoms with E-state index in [1.807, 2.05) is 18.6 Å². The Labute approximate surface area is 172 Å². The fourth-order valence-electron chi connectivity index (χ4n) is 3.98. The van der Waals surface area contributed by atoms with Crippen molar-refractivity contribution in [1.82, 2.24) is 19.5 Å². The molecule has 150 valence electrons. The van der Waals surface area contributed by atoms with Crippen molar-refractivity contribution in [3.05, 3.63) is 47.9 Å². The molecule has 0 radical (unpaired) electrons. The summed E-state index contributed by atoms with van der Waals surface area (Å²) >= 11 is 1.64. The lowest BCUT2D eigenvalue weighted by atomic mass is 9.93. The van der Waals surface area contributed by atoms with Crippen molar-refractivity contribution in [2.45, 2.75) is 50.9 Å². The minimum absolute atomic E-state index is 0.102. The molecule has 3 heterocycles. The molecule has 0 aliphatic heterocycles. The van der Waals surface area contributed by atoms with E-state index in [0.717, 1.165) is 57.8 Å². The fourth-order valence-corrected chi connectivity index (χ4v) is 4.97. The Morgan fingerprint density at radius 2 is 2.03 bits per heavy atom. The summed E-state index contributed by atoms with van der Waals surface area (Å²) in [6.07, 6.45) is 7.48. The zero-order valence-electron chi connectivity index (χ0n) is 16.1. The number of nitrogens with one attached hydrogen (secondary N) is 1. The molecule has 2 atom stereocenters. The number of aliphatic hydroxyl groups is 1. The van der Waals surface area contributed by atoms with Crippen LogP contribution in [0.1, 0.15) is 36.8 Å². The van der Waals surface area contributed by atoms with Crippen LogP contribution in [0.5, 0.6) is 0 Å². The topological polar surface area (TPSA) is 102 Å². The second-order valence-corrected chi connectivity index (χ2v) is 8.72. The number of fused-ring (bicyclic) bond motifs is 2. The van der Waals surface area contributed by atoms with Crippen LogP contribution in [0.4, 0.5) is 5.13 Å². The first-order chi connectivity index (χ1) is 14.2. The first-order valence-electron chi connectivity index (χ1n) is 10.0. The van der Waals surface area contributed by atoms with Crippen molar-refractivity contribution in [3.8, 4) is 0 Å². The summed E-state index contributed by atoms with van der Waals surface area (Å²) < 4.78 is 3.19. The Balaban J connectivity index is 1.37. The van der Waals surface area contributed by atoms with Crippen LogP contribution in [0.3, 0.4) is 0 Å². The maximum absolute atomic E-state index is 10.2. The molecule has 1 aliphatic rings. The normalized spacial score (nSPS) is 19.8. The first-order valence-corrected chi connectivity index (χ1v) is 10.8. The summed E-state index contributed by atoms with van der Waals surface area (Å²) in [5.41, 5.74) is 10.6. The third-order valence-electron chi connectivity index (χ3n) is 5.59. The van der Waals surface area contributed by atoms with E-state index in [2.05, 4.69) is 38.1 Å². The van der Waals surface area contributed by atoms with Gasteiger partial charge in [-0.05, 0) is 42.2 Å².